The molecule has 0 atom stereocenters. The summed E-state index contributed by atoms with van der Waals surface area (Å²) in [7, 11) is 0. The van der Waals surface area contributed by atoms with Gasteiger partial charge in [0.05, 0.1) is 18.8 Å². The topological polar surface area (TPSA) is 55.8 Å². The van der Waals surface area contributed by atoms with Crippen LogP contribution >= 0.6 is 15.9 Å². The second-order valence-corrected chi connectivity index (χ2v) is 6.74. The summed E-state index contributed by atoms with van der Waals surface area (Å²) in [5, 5.41) is 0. The van der Waals surface area contributed by atoms with E-state index in [1.807, 2.05) is 0 Å². The first-order valence-corrected chi connectivity index (χ1v) is 9.15. The maximum absolute atomic E-state index is 13.7. The fourth-order valence-electron chi connectivity index (χ4n) is 2.55. The highest BCUT2D eigenvalue weighted by molar-refractivity contribution is 9.10. The number of carbonyl (C=O) groups excluding carboxylic acids is 2. The summed E-state index contributed by atoms with van der Waals surface area (Å²) in [5.41, 5.74) is 0.506. The van der Waals surface area contributed by atoms with Crippen LogP contribution in [-0.4, -0.2) is 43.1 Å². The Morgan fingerprint density at radius 1 is 1.15 bits per heavy atom. The molecular formula is C20H17BrFNO4. The minimum atomic E-state index is -0.534. The number of hydrogen-bond donors (Lipinski definition) is 0. The van der Waals surface area contributed by atoms with Gasteiger partial charge in [-0.3, -0.25) is 4.79 Å². The number of rotatable bonds is 4. The van der Waals surface area contributed by atoms with Crippen molar-refractivity contribution in [3.8, 4) is 5.75 Å². The average molecular weight is 434 g/mol. The molecule has 7 heteroatoms. The lowest BCUT2D eigenvalue weighted by Crippen LogP contribution is -2.42. The van der Waals surface area contributed by atoms with E-state index in [4.69, 9.17) is 9.47 Å². The molecule has 2 aromatic carbocycles. The highest BCUT2D eigenvalue weighted by Crippen LogP contribution is 2.25. The normalized spacial score (nSPS) is 14.4. The summed E-state index contributed by atoms with van der Waals surface area (Å²) in [4.78, 5) is 26.4. The van der Waals surface area contributed by atoms with Crippen LogP contribution in [0.15, 0.2) is 53.0 Å². The number of carbonyl (C=O) groups is 2. The summed E-state index contributed by atoms with van der Waals surface area (Å²) in [6, 6.07) is 10.9. The van der Waals surface area contributed by atoms with Crippen LogP contribution in [0.1, 0.15) is 15.9 Å². The van der Waals surface area contributed by atoms with Gasteiger partial charge >= 0.3 is 6.09 Å². The maximum Gasteiger partial charge on any atom is 0.415 e. The van der Waals surface area contributed by atoms with E-state index in [2.05, 4.69) is 15.9 Å². The Morgan fingerprint density at radius 2 is 1.89 bits per heavy atom. The van der Waals surface area contributed by atoms with Gasteiger partial charge in [-0.05, 0) is 36.4 Å². The largest absolute Gasteiger partial charge is 0.415 e. The molecule has 0 aromatic heterocycles. The van der Waals surface area contributed by atoms with E-state index < -0.39 is 17.7 Å². The van der Waals surface area contributed by atoms with Crippen molar-refractivity contribution in [2.45, 2.75) is 0 Å². The molecule has 3 rings (SSSR count). The van der Waals surface area contributed by atoms with Gasteiger partial charge in [0.15, 0.2) is 5.78 Å². The van der Waals surface area contributed by atoms with Crippen LogP contribution in [0.25, 0.3) is 6.08 Å². The molecule has 0 unspecified atom stereocenters. The van der Waals surface area contributed by atoms with E-state index in [9.17, 15) is 14.0 Å². The lowest BCUT2D eigenvalue weighted by atomic mass is 10.1. The molecule has 1 aliphatic rings. The molecule has 2 aromatic rings. The van der Waals surface area contributed by atoms with Crippen molar-refractivity contribution >= 4 is 33.9 Å². The molecule has 0 bridgehead atoms. The third-order valence-corrected chi connectivity index (χ3v) is 4.49. The number of morpholine rings is 1. The molecule has 27 heavy (non-hydrogen) atoms. The summed E-state index contributed by atoms with van der Waals surface area (Å²) in [6.45, 7) is 1.77. The van der Waals surface area contributed by atoms with Crippen LogP contribution in [0.4, 0.5) is 9.18 Å². The first-order chi connectivity index (χ1) is 13.0. The number of nitrogens with zero attached hydrogens (tertiary/aromatic N) is 1. The van der Waals surface area contributed by atoms with Gasteiger partial charge in [0, 0.05) is 23.1 Å². The SMILES string of the molecule is O=C(/C=C/c1ccccc1F)c1cc(Br)ccc1OC(=O)N1CCOCC1. The number of ketones is 1. The Balaban J connectivity index is 1.80. The molecule has 1 aliphatic heterocycles. The lowest BCUT2D eigenvalue weighted by molar-refractivity contribution is 0.0415. The second kappa shape index (κ2) is 8.92. The van der Waals surface area contributed by atoms with Crippen LogP contribution in [0.5, 0.6) is 5.75 Å². The number of ether oxygens (including phenoxy) is 2. The zero-order valence-corrected chi connectivity index (χ0v) is 15.9. The summed E-state index contributed by atoms with van der Waals surface area (Å²) < 4.78 is 25.0. The molecule has 1 saturated heterocycles. The quantitative estimate of drug-likeness (QED) is 0.532. The average Bonchev–Trinajstić information content (AvgIpc) is 2.69. The Bertz CT molecular complexity index is 878. The fourth-order valence-corrected chi connectivity index (χ4v) is 2.91. The molecule has 0 saturated carbocycles. The minimum absolute atomic E-state index is 0.151. The molecule has 140 valence electrons. The Labute approximate surface area is 164 Å². The molecule has 0 radical (unpaired) electrons. The number of hydrogen-bond acceptors (Lipinski definition) is 4. The lowest BCUT2D eigenvalue weighted by Gasteiger charge is -2.26. The van der Waals surface area contributed by atoms with Gasteiger partial charge in [0.25, 0.3) is 0 Å². The van der Waals surface area contributed by atoms with Crippen molar-refractivity contribution in [2.75, 3.05) is 26.3 Å². The number of allylic oxidation sites excluding steroid dienone is 1. The van der Waals surface area contributed by atoms with Crippen molar-refractivity contribution in [3.63, 3.8) is 0 Å². The number of amides is 1. The van der Waals surface area contributed by atoms with Crippen molar-refractivity contribution in [3.05, 3.63) is 70.0 Å². The zero-order chi connectivity index (χ0) is 19.2. The van der Waals surface area contributed by atoms with Crippen LogP contribution in [0, 0.1) is 5.82 Å². The van der Waals surface area contributed by atoms with E-state index in [1.165, 1.54) is 23.1 Å². The van der Waals surface area contributed by atoms with Crippen LogP contribution in [-0.2, 0) is 4.74 Å². The van der Waals surface area contributed by atoms with Crippen molar-refractivity contribution in [1.29, 1.82) is 0 Å². The van der Waals surface area contributed by atoms with E-state index >= 15 is 0 Å². The van der Waals surface area contributed by atoms with Gasteiger partial charge < -0.3 is 14.4 Å². The summed E-state index contributed by atoms with van der Waals surface area (Å²) in [6.07, 6.45) is 2.12. The number of benzene rings is 2. The number of halogens is 2. The molecule has 0 aliphatic carbocycles. The molecule has 0 spiro atoms. The highest BCUT2D eigenvalue weighted by atomic mass is 79.9. The molecule has 1 heterocycles. The van der Waals surface area contributed by atoms with Gasteiger partial charge in [0.2, 0.25) is 0 Å². The Kier molecular flexibility index (Phi) is 6.36. The third-order valence-electron chi connectivity index (χ3n) is 3.99. The maximum atomic E-state index is 13.7. The van der Waals surface area contributed by atoms with Crippen molar-refractivity contribution in [1.82, 2.24) is 4.90 Å². The standard InChI is InChI=1S/C20H17BrFNO4/c21-15-6-8-19(27-20(25)23-9-11-26-12-10-23)16(13-15)18(24)7-5-14-3-1-2-4-17(14)22/h1-8,13H,9-12H2/b7-5+. The van der Waals surface area contributed by atoms with E-state index in [1.54, 1.807) is 36.4 Å². The Morgan fingerprint density at radius 3 is 2.63 bits per heavy atom. The van der Waals surface area contributed by atoms with Crippen LogP contribution < -0.4 is 4.74 Å². The first-order valence-electron chi connectivity index (χ1n) is 8.35. The van der Waals surface area contributed by atoms with Crippen LogP contribution in [0.2, 0.25) is 0 Å². The smallest absolute Gasteiger partial charge is 0.409 e. The van der Waals surface area contributed by atoms with Gasteiger partial charge in [-0.15, -0.1) is 0 Å². The second-order valence-electron chi connectivity index (χ2n) is 5.83. The first kappa shape index (κ1) is 19.3. The molecule has 1 amide bonds. The van der Waals surface area contributed by atoms with Gasteiger partial charge in [0.1, 0.15) is 11.6 Å². The molecule has 5 nitrogen and oxygen atoms in total. The monoisotopic (exact) mass is 433 g/mol. The summed E-state index contributed by atoms with van der Waals surface area (Å²) >= 11 is 3.31. The molecule has 0 N–H and O–H groups in total. The van der Waals surface area contributed by atoms with E-state index in [0.29, 0.717) is 36.3 Å². The third kappa shape index (κ3) is 5.02. The van der Waals surface area contributed by atoms with E-state index in [0.717, 1.165) is 0 Å². The predicted molar refractivity (Wildman–Crippen MR) is 102 cm³/mol. The predicted octanol–water partition coefficient (Wildman–Crippen LogP) is 4.32. The summed E-state index contributed by atoms with van der Waals surface area (Å²) in [5.74, 6) is -0.669. The van der Waals surface area contributed by atoms with E-state index in [-0.39, 0.29) is 11.3 Å². The minimum Gasteiger partial charge on any atom is -0.409 e. The van der Waals surface area contributed by atoms with Gasteiger partial charge in [-0.25, -0.2) is 9.18 Å². The zero-order valence-electron chi connectivity index (χ0n) is 14.4. The van der Waals surface area contributed by atoms with Crippen LogP contribution in [0.3, 0.4) is 0 Å². The van der Waals surface area contributed by atoms with Gasteiger partial charge in [-0.1, -0.05) is 34.1 Å². The molecular weight excluding hydrogens is 417 g/mol. The molecule has 1 fully saturated rings. The van der Waals surface area contributed by atoms with Crippen molar-refractivity contribution < 1.29 is 23.5 Å². The highest BCUT2D eigenvalue weighted by Gasteiger charge is 2.21. The van der Waals surface area contributed by atoms with Crippen molar-refractivity contribution in [2.24, 2.45) is 0 Å². The Hall–Kier alpha value is -2.51. The van der Waals surface area contributed by atoms with Gasteiger partial charge in [-0.2, -0.15) is 0 Å². The fraction of sp³-hybridized carbons (Fsp3) is 0.200.